The van der Waals surface area contributed by atoms with Crippen LogP contribution in [0, 0.1) is 46.9 Å². The summed E-state index contributed by atoms with van der Waals surface area (Å²) in [6.07, 6.45) is 11.8. The lowest BCUT2D eigenvalue weighted by Gasteiger charge is -2.31. The molecule has 9 heterocycles. The smallest absolute Gasteiger partial charge is 0.495 e. The molecule has 4 aromatic carbocycles. The number of halogens is 6. The van der Waals surface area contributed by atoms with Crippen LogP contribution >= 0.6 is 60.6 Å². The van der Waals surface area contributed by atoms with E-state index in [1.807, 2.05) is 63.6 Å². The minimum Gasteiger partial charge on any atom is -0.495 e. The Kier molecular flexibility index (Phi) is 34.1. The van der Waals surface area contributed by atoms with Gasteiger partial charge in [0.1, 0.15) is 92.1 Å². The number of aromatic nitrogens is 4. The number of thiazole rings is 2. The number of hydroxylamine groups is 2. The largest absolute Gasteiger partial charge is 0.534 e. The fourth-order valence-corrected chi connectivity index (χ4v) is 28.1. The van der Waals surface area contributed by atoms with Crippen molar-refractivity contribution in [2.24, 2.45) is 23.7 Å². The first kappa shape index (κ1) is 104. The average molecular weight is 2050 g/mol. The maximum Gasteiger partial charge on any atom is 0.534 e. The number of Topliss-reactive ketones (excluding diaryl/α,β-unsaturated/α-hetero) is 2. The number of carbonyl (C=O) groups is 8. The normalized spacial score (nSPS) is 25.1. The number of anilines is 2. The van der Waals surface area contributed by atoms with Crippen LogP contribution in [-0.4, -0.2) is 206 Å². The van der Waals surface area contributed by atoms with Crippen LogP contribution in [0.3, 0.4) is 0 Å². The van der Waals surface area contributed by atoms with E-state index in [-0.39, 0.29) is 137 Å². The molecule has 3 N–H and O–H groups in total. The summed E-state index contributed by atoms with van der Waals surface area (Å²) in [6, 6.07) is 15.5. The van der Waals surface area contributed by atoms with E-state index in [1.165, 1.54) is 53.9 Å². The zero-order valence-corrected chi connectivity index (χ0v) is 84.2. The molecule has 2 unspecified atom stereocenters. The molecule has 4 saturated carbocycles. The number of esters is 1. The number of imide groups is 1. The maximum absolute atomic E-state index is 15.2. The Balaban J connectivity index is 0.000000183. The standard InChI is InChI=1S/C47H54ClF2N4O9PS.C43H50ClF2N4O7PS.C10H13NO5/c1-27(2)51-46-53-37(26-65-46)36-21-41(32-14-15-40(60-3)43(48)44(32)52-36)62-31-20-38-39(55)23-47(64(58,59)25-33-34(49)12-8-13-35(33)50)22-29(47)16-18-61-17-7-6-9-28(45(57)54(38)24-31)19-42(56)63-30-10-4-5-11-30;1-6-56-58(53,23-30-31(45)11-9-12-32(30)46)43-20-27(43)15-17-55-16-8-7-10-26(4)41(52)50-22-28(18-35(50)36(51)21-43)57-38-19-33(34-24-59-42(49-34)47-25(2)3)48-40-29(38)13-14-37(54-5)39(40)44;12-8-5-6-9(13)11(8)16-10(14)15-7-3-1-2-4-7/h6-8,12-15,21,26-31,38H,4-5,9-11,16-20,22-25H2,1-3H3,(H,51,53)(H,58,59);7-9,11-14,19,24-28,35H,6,10,15-18,20-23H2,1-5H3,(H,47,49);7H,1-6H2/b7-6+;8-7+;/t28-,29-,31-,38+,47-;26-,27+,28+,35-,43+,58?;/m10./s1. The third kappa shape index (κ3) is 24.0. The van der Waals surface area contributed by atoms with Crippen molar-refractivity contribution in [3.05, 3.63) is 152 Å². The Hall–Kier alpha value is -10.00. The minimum atomic E-state index is -4.51. The van der Waals surface area contributed by atoms with E-state index in [2.05, 4.69) is 15.5 Å². The van der Waals surface area contributed by atoms with Crippen LogP contribution in [0.15, 0.2) is 108 Å². The predicted molar refractivity (Wildman–Crippen MR) is 520 cm³/mol. The van der Waals surface area contributed by atoms with Crippen molar-refractivity contribution in [3.8, 4) is 45.8 Å². The molecule has 5 aliphatic heterocycles. The summed E-state index contributed by atoms with van der Waals surface area (Å²) in [5, 5.41) is 11.3. The van der Waals surface area contributed by atoms with Crippen molar-refractivity contribution < 1.29 is 117 Å². The first-order valence-corrected chi connectivity index (χ1v) is 53.9. The molecular weight excluding hydrogens is 1940 g/mol. The van der Waals surface area contributed by atoms with Crippen molar-refractivity contribution in [2.45, 2.75) is 248 Å². The third-order valence-electron chi connectivity index (χ3n) is 27.3. The highest BCUT2D eigenvalue weighted by molar-refractivity contribution is 7.60. The van der Waals surface area contributed by atoms with Crippen LogP contribution in [0.2, 0.25) is 10.0 Å². The summed E-state index contributed by atoms with van der Waals surface area (Å²) < 4.78 is 143. The second kappa shape index (κ2) is 45.7. The number of carbonyl (C=O) groups excluding carboxylic acids is 8. The molecule has 8 aromatic rings. The number of pyridine rings is 2. The quantitative estimate of drug-likeness (QED) is 0.0157. The number of amides is 4. The van der Waals surface area contributed by atoms with E-state index >= 15 is 13.3 Å². The molecule has 0 bridgehead atoms. The Morgan fingerprint density at radius 2 is 1.04 bits per heavy atom. The monoisotopic (exact) mass is 2050 g/mol. The SMILES string of the molecule is CCOP(=O)(Cc1c(F)cccc1F)[C@]12CC(=O)[C@@H]3C[C@@H](Oc4cc(-c5csc(NC(C)C)n5)nc5c(Cl)c(OC)ccc45)CN3C(=O)[C@@H](C)C/C=C/COCC[C@@H]1C2.COc1ccc2c(O[C@@H]3C[C@H]4C(=O)C[C@]5(P(=O)(O)Cc6c(F)cccc6F)C[C@H]5CCOC/C=C/C[C@H](CC(=O)OC5CCCC5)C(=O)N4C3)cc(-c3csc(NC(C)C)n3)nc2c1Cl.O=C(OC1CCCC1)ON1C(=O)CCC1=O. The first-order valence-electron chi connectivity index (χ1n) is 47.7. The zero-order chi connectivity index (χ0) is 99.6. The number of nitrogens with one attached hydrogen (secondary N) is 2. The van der Waals surface area contributed by atoms with E-state index in [0.717, 1.165) is 80.8 Å². The number of hydrogen-bond acceptors (Lipinski definition) is 28. The summed E-state index contributed by atoms with van der Waals surface area (Å²) in [5.74, 6) is -7.03. The highest BCUT2D eigenvalue weighted by Crippen LogP contribution is 2.78. The number of fused-ring (bicyclic) bond motifs is 6. The molecular formula is C100H117Cl2F4N9O21P2S2. The number of ketones is 2. The Morgan fingerprint density at radius 3 is 1.52 bits per heavy atom. The molecule has 12 atom stereocenters. The minimum absolute atomic E-state index is 0.00335. The number of ether oxygens (including phenoxy) is 8. The van der Waals surface area contributed by atoms with Crippen LogP contribution in [-0.2, 0) is 83.3 Å². The fraction of sp³-hybridized carbons (Fsp3) is 0.520. The van der Waals surface area contributed by atoms with Crippen molar-refractivity contribution in [1.29, 1.82) is 0 Å². The molecule has 752 valence electrons. The molecule has 9 aliphatic rings. The fourth-order valence-electron chi connectivity index (χ4n) is 19.8. The molecule has 7 fully saturated rings. The lowest BCUT2D eigenvalue weighted by Crippen LogP contribution is -2.45. The Labute approximate surface area is 827 Å². The van der Waals surface area contributed by atoms with Gasteiger partial charge in [0.2, 0.25) is 26.6 Å². The van der Waals surface area contributed by atoms with Gasteiger partial charge in [-0.1, -0.05) is 71.6 Å². The number of methoxy groups -OCH3 is 2. The van der Waals surface area contributed by atoms with Gasteiger partial charge in [-0.15, -0.1) is 22.7 Å². The maximum atomic E-state index is 15.2. The first-order chi connectivity index (χ1) is 67.1. The number of hydrogen-bond donors (Lipinski definition) is 3. The van der Waals surface area contributed by atoms with Gasteiger partial charge in [0.15, 0.2) is 21.8 Å². The van der Waals surface area contributed by atoms with E-state index in [9.17, 15) is 56.6 Å². The van der Waals surface area contributed by atoms with Gasteiger partial charge in [-0.25, -0.2) is 42.3 Å². The van der Waals surface area contributed by atoms with E-state index in [1.54, 1.807) is 54.3 Å². The van der Waals surface area contributed by atoms with Gasteiger partial charge < -0.3 is 67.7 Å². The molecule has 0 spiro atoms. The molecule has 17 rings (SSSR count). The van der Waals surface area contributed by atoms with Crippen molar-refractivity contribution in [2.75, 3.05) is 71.0 Å². The van der Waals surface area contributed by atoms with Crippen molar-refractivity contribution >= 4 is 140 Å². The summed E-state index contributed by atoms with van der Waals surface area (Å²) >= 11 is 16.6. The predicted octanol–water partition coefficient (Wildman–Crippen LogP) is 20.4. The molecule has 4 aliphatic carbocycles. The van der Waals surface area contributed by atoms with Crippen molar-refractivity contribution in [1.82, 2.24) is 34.8 Å². The summed E-state index contributed by atoms with van der Waals surface area (Å²) in [6.45, 7) is 12.7. The van der Waals surface area contributed by atoms with Gasteiger partial charge in [-0.05, 0) is 185 Å². The molecule has 4 amide bonds. The van der Waals surface area contributed by atoms with E-state index in [0.29, 0.717) is 122 Å². The highest BCUT2D eigenvalue weighted by Gasteiger charge is 2.68. The van der Waals surface area contributed by atoms with Gasteiger partial charge >= 0.3 is 12.1 Å². The Bertz CT molecular complexity index is 6050. The second-order valence-electron chi connectivity index (χ2n) is 37.7. The molecule has 3 saturated heterocycles. The number of nitrogens with zero attached hydrogens (tertiary/aromatic N) is 7. The van der Waals surface area contributed by atoms with Crippen LogP contribution in [0.4, 0.5) is 32.6 Å². The van der Waals surface area contributed by atoms with Gasteiger partial charge in [0.25, 0.3) is 11.8 Å². The average Bonchev–Trinajstić information content (AvgIpc) is 1.55. The van der Waals surface area contributed by atoms with Crippen LogP contribution in [0.1, 0.15) is 188 Å². The molecule has 40 heteroatoms. The summed E-state index contributed by atoms with van der Waals surface area (Å²) in [4.78, 5) is 145. The Morgan fingerprint density at radius 1 is 0.579 bits per heavy atom. The third-order valence-corrected chi connectivity index (χ3v) is 35.9. The number of rotatable bonds is 25. The topological polar surface area (TPSA) is 369 Å². The molecule has 4 aromatic heterocycles. The van der Waals surface area contributed by atoms with E-state index in [4.69, 9.17) is 85.6 Å². The zero-order valence-electron chi connectivity index (χ0n) is 79.3. The number of allylic oxidation sites excluding steroid dienone is 2. The van der Waals surface area contributed by atoms with Crippen molar-refractivity contribution in [3.63, 3.8) is 0 Å². The van der Waals surface area contributed by atoms with E-state index < -0.39 is 150 Å². The van der Waals surface area contributed by atoms with Crippen LogP contribution < -0.4 is 29.6 Å². The molecule has 140 heavy (non-hydrogen) atoms. The molecule has 0 radical (unpaired) electrons. The highest BCUT2D eigenvalue weighted by atomic mass is 35.5. The van der Waals surface area contributed by atoms with Gasteiger partial charge in [0.05, 0.1) is 117 Å². The van der Waals surface area contributed by atoms with Crippen LogP contribution in [0.5, 0.6) is 23.0 Å². The lowest BCUT2D eigenvalue weighted by atomic mass is 9.97. The van der Waals surface area contributed by atoms with Crippen LogP contribution in [0.25, 0.3) is 44.6 Å². The van der Waals surface area contributed by atoms with Gasteiger partial charge in [-0.3, -0.25) is 47.5 Å². The summed E-state index contributed by atoms with van der Waals surface area (Å²) in [7, 11) is -5.42. The van der Waals surface area contributed by atoms with Gasteiger partial charge in [0, 0.05) is 115 Å². The van der Waals surface area contributed by atoms with Gasteiger partial charge in [-0.2, -0.15) is 0 Å². The molecule has 30 nitrogen and oxygen atoms in total. The second-order valence-corrected chi connectivity index (χ2v) is 45.6. The summed E-state index contributed by atoms with van der Waals surface area (Å²) in [5.41, 5.74) is 2.11. The number of benzene rings is 4. The lowest BCUT2D eigenvalue weighted by molar-refractivity contribution is -0.178.